The monoisotopic (exact) mass is 334 g/mol. The molecular weight excluding hydrogens is 308 g/mol. The second-order valence-corrected chi connectivity index (χ2v) is 8.45. The first kappa shape index (κ1) is 15.6. The smallest absolute Gasteiger partial charge is 0.138 e. The van der Waals surface area contributed by atoms with Gasteiger partial charge in [-0.05, 0) is 57.7 Å². The number of nitrogens with zero attached hydrogens (tertiary/aromatic N) is 1. The van der Waals surface area contributed by atoms with E-state index in [1.54, 1.807) is 0 Å². The van der Waals surface area contributed by atoms with Crippen molar-refractivity contribution < 1.29 is 4.74 Å². The van der Waals surface area contributed by atoms with Gasteiger partial charge in [0.05, 0.1) is 11.1 Å². The van der Waals surface area contributed by atoms with Gasteiger partial charge in [-0.15, -0.1) is 0 Å². The van der Waals surface area contributed by atoms with Crippen molar-refractivity contribution in [1.82, 2.24) is 5.32 Å². The zero-order valence-electron chi connectivity index (χ0n) is 14.1. The van der Waals surface area contributed by atoms with Crippen LogP contribution in [0, 0.1) is 0 Å². The van der Waals surface area contributed by atoms with Crippen LogP contribution in [-0.2, 0) is 0 Å². The Morgan fingerprint density at radius 2 is 1.96 bits per heavy atom. The first-order valence-electron chi connectivity index (χ1n) is 9.02. The second-order valence-electron chi connectivity index (χ2n) is 8.05. The van der Waals surface area contributed by atoms with E-state index in [4.69, 9.17) is 16.3 Å². The Balaban J connectivity index is 1.60. The molecule has 1 aromatic carbocycles. The van der Waals surface area contributed by atoms with Gasteiger partial charge in [-0.2, -0.15) is 0 Å². The molecule has 0 amide bonds. The van der Waals surface area contributed by atoms with Gasteiger partial charge in [0, 0.05) is 29.9 Å². The topological polar surface area (TPSA) is 24.5 Å². The molecule has 1 aromatic rings. The summed E-state index contributed by atoms with van der Waals surface area (Å²) in [5.74, 6) is 0.840. The van der Waals surface area contributed by atoms with Crippen molar-refractivity contribution in [1.29, 1.82) is 0 Å². The molecule has 3 nitrogen and oxygen atoms in total. The molecule has 3 aliphatic rings. The van der Waals surface area contributed by atoms with Crippen LogP contribution in [0.25, 0.3) is 0 Å². The van der Waals surface area contributed by atoms with Crippen LogP contribution >= 0.6 is 11.6 Å². The standard InChI is InChI=1S/C19H27ClN2O/c1-19(2)12-22(17-6-4-3-5-16(17)21-19)13-7-10-18(15(20)11-13)23-14-8-9-14/h7,10-11,14,16-17,21H,3-6,8-9,12H2,1-2H3/t16-,17+/m0/s1. The number of benzene rings is 1. The maximum Gasteiger partial charge on any atom is 0.138 e. The molecule has 2 saturated carbocycles. The number of nitrogens with one attached hydrogen (secondary N) is 1. The molecular formula is C19H27ClN2O. The maximum atomic E-state index is 6.50. The minimum Gasteiger partial charge on any atom is -0.489 e. The fourth-order valence-corrected chi connectivity index (χ4v) is 4.37. The molecule has 126 valence electrons. The minimum atomic E-state index is 0.133. The predicted molar refractivity (Wildman–Crippen MR) is 95.7 cm³/mol. The molecule has 1 saturated heterocycles. The minimum absolute atomic E-state index is 0.133. The lowest BCUT2D eigenvalue weighted by Crippen LogP contribution is -2.67. The lowest BCUT2D eigenvalue weighted by Gasteiger charge is -2.52. The van der Waals surface area contributed by atoms with Gasteiger partial charge in [-0.3, -0.25) is 0 Å². The van der Waals surface area contributed by atoms with Gasteiger partial charge in [0.25, 0.3) is 0 Å². The summed E-state index contributed by atoms with van der Waals surface area (Å²) in [6.07, 6.45) is 7.93. The lowest BCUT2D eigenvalue weighted by atomic mass is 9.83. The van der Waals surface area contributed by atoms with Crippen molar-refractivity contribution in [3.05, 3.63) is 23.2 Å². The first-order valence-corrected chi connectivity index (χ1v) is 9.40. The van der Waals surface area contributed by atoms with Crippen LogP contribution < -0.4 is 15.0 Å². The highest BCUT2D eigenvalue weighted by Gasteiger charge is 2.40. The maximum absolute atomic E-state index is 6.50. The zero-order valence-corrected chi connectivity index (χ0v) is 14.9. The number of ether oxygens (including phenoxy) is 1. The number of fused-ring (bicyclic) bond motifs is 1. The summed E-state index contributed by atoms with van der Waals surface area (Å²) in [5.41, 5.74) is 1.37. The average molecular weight is 335 g/mol. The molecule has 0 aromatic heterocycles. The molecule has 4 heteroatoms. The van der Waals surface area contributed by atoms with Crippen molar-refractivity contribution in [3.63, 3.8) is 0 Å². The van der Waals surface area contributed by atoms with E-state index in [0.717, 1.165) is 30.2 Å². The highest BCUT2D eigenvalue weighted by Crippen LogP contribution is 2.38. The van der Waals surface area contributed by atoms with Gasteiger partial charge in [-0.25, -0.2) is 0 Å². The molecule has 1 N–H and O–H groups in total. The van der Waals surface area contributed by atoms with E-state index in [1.165, 1.54) is 31.4 Å². The Kier molecular flexibility index (Phi) is 3.97. The molecule has 3 fully saturated rings. The van der Waals surface area contributed by atoms with Crippen molar-refractivity contribution >= 4 is 17.3 Å². The molecule has 1 aliphatic heterocycles. The van der Waals surface area contributed by atoms with E-state index in [0.29, 0.717) is 18.2 Å². The lowest BCUT2D eigenvalue weighted by molar-refractivity contribution is 0.199. The number of hydrogen-bond donors (Lipinski definition) is 1. The van der Waals surface area contributed by atoms with Crippen LogP contribution in [0.1, 0.15) is 52.4 Å². The Labute approximate surface area is 144 Å². The Morgan fingerprint density at radius 3 is 2.70 bits per heavy atom. The van der Waals surface area contributed by atoms with Gasteiger partial charge in [0.1, 0.15) is 5.75 Å². The molecule has 23 heavy (non-hydrogen) atoms. The van der Waals surface area contributed by atoms with E-state index in [2.05, 4.69) is 42.3 Å². The highest BCUT2D eigenvalue weighted by atomic mass is 35.5. The molecule has 2 aliphatic carbocycles. The van der Waals surface area contributed by atoms with Crippen LogP contribution in [0.5, 0.6) is 5.75 Å². The Bertz CT molecular complexity index is 585. The van der Waals surface area contributed by atoms with Crippen molar-refractivity contribution in [2.45, 2.75) is 76.1 Å². The summed E-state index contributed by atoms with van der Waals surface area (Å²) < 4.78 is 5.88. The zero-order chi connectivity index (χ0) is 16.0. The molecule has 0 unspecified atom stereocenters. The summed E-state index contributed by atoms with van der Waals surface area (Å²) in [7, 11) is 0. The predicted octanol–water partition coefficient (Wildman–Crippen LogP) is 4.38. The third-order valence-corrected chi connectivity index (χ3v) is 5.63. The molecule has 0 radical (unpaired) electrons. The van der Waals surface area contributed by atoms with Crippen molar-refractivity contribution in [2.24, 2.45) is 0 Å². The number of halogens is 1. The van der Waals surface area contributed by atoms with E-state index < -0.39 is 0 Å². The Morgan fingerprint density at radius 1 is 1.17 bits per heavy atom. The number of rotatable bonds is 3. The van der Waals surface area contributed by atoms with E-state index in [9.17, 15) is 0 Å². The Hall–Kier alpha value is -0.930. The number of piperazine rings is 1. The van der Waals surface area contributed by atoms with Crippen LogP contribution in [0.15, 0.2) is 18.2 Å². The van der Waals surface area contributed by atoms with Crippen LogP contribution in [0.3, 0.4) is 0 Å². The average Bonchev–Trinajstić information content (AvgIpc) is 3.31. The van der Waals surface area contributed by atoms with Crippen LogP contribution in [0.2, 0.25) is 5.02 Å². The quantitative estimate of drug-likeness (QED) is 0.887. The number of hydrogen-bond acceptors (Lipinski definition) is 3. The van der Waals surface area contributed by atoms with Crippen molar-refractivity contribution in [2.75, 3.05) is 11.4 Å². The van der Waals surface area contributed by atoms with E-state index in [1.807, 2.05) is 0 Å². The summed E-state index contributed by atoms with van der Waals surface area (Å²) in [4.78, 5) is 2.58. The van der Waals surface area contributed by atoms with Gasteiger partial charge in [0.2, 0.25) is 0 Å². The fourth-order valence-electron chi connectivity index (χ4n) is 4.16. The third kappa shape index (κ3) is 3.32. The fraction of sp³-hybridized carbons (Fsp3) is 0.684. The van der Waals surface area contributed by atoms with Crippen molar-refractivity contribution in [3.8, 4) is 5.75 Å². The summed E-state index contributed by atoms with van der Waals surface area (Å²) >= 11 is 6.50. The van der Waals surface area contributed by atoms with Crippen LogP contribution in [-0.4, -0.2) is 30.3 Å². The largest absolute Gasteiger partial charge is 0.489 e. The molecule has 2 atom stereocenters. The molecule has 1 heterocycles. The summed E-state index contributed by atoms with van der Waals surface area (Å²) in [6, 6.07) is 7.53. The molecule has 0 bridgehead atoms. The van der Waals surface area contributed by atoms with Gasteiger partial charge < -0.3 is 15.0 Å². The van der Waals surface area contributed by atoms with Gasteiger partial charge >= 0.3 is 0 Å². The van der Waals surface area contributed by atoms with E-state index in [-0.39, 0.29) is 5.54 Å². The van der Waals surface area contributed by atoms with E-state index >= 15 is 0 Å². The van der Waals surface area contributed by atoms with Crippen LogP contribution in [0.4, 0.5) is 5.69 Å². The first-order chi connectivity index (χ1) is 11.0. The molecule has 0 spiro atoms. The normalized spacial score (nSPS) is 30.0. The summed E-state index contributed by atoms with van der Waals surface area (Å²) in [5, 5.41) is 4.60. The number of anilines is 1. The SMILES string of the molecule is CC1(C)CN(c2ccc(OC3CC3)c(Cl)c2)[C@@H]2CCCC[C@@H]2N1. The molecule has 4 rings (SSSR count). The third-order valence-electron chi connectivity index (χ3n) is 5.34. The second kappa shape index (κ2) is 5.86. The van der Waals surface area contributed by atoms with Gasteiger partial charge in [0.15, 0.2) is 0 Å². The highest BCUT2D eigenvalue weighted by molar-refractivity contribution is 6.32. The summed E-state index contributed by atoms with van der Waals surface area (Å²) in [6.45, 7) is 5.63. The van der Waals surface area contributed by atoms with Gasteiger partial charge in [-0.1, -0.05) is 24.4 Å².